The second-order valence-electron chi connectivity index (χ2n) is 0.859. The standard InChI is InChI=1S/C2H3N3S.2Na/c6-2-1-3-5-4-2;;/h1H,(H2,3,4,5,6);;. The summed E-state index contributed by atoms with van der Waals surface area (Å²) in [6.07, 6.45) is 1.54. The van der Waals surface area contributed by atoms with Crippen molar-refractivity contribution in [1.29, 1.82) is 0 Å². The SMILES string of the molecule is S=c1cn[nH][nH]1.[Na].[Na]. The third kappa shape index (κ3) is 4.26. The summed E-state index contributed by atoms with van der Waals surface area (Å²) in [6, 6.07) is 0. The van der Waals surface area contributed by atoms with Gasteiger partial charge in [-0.05, 0) is 0 Å². The molecule has 0 aliphatic rings. The van der Waals surface area contributed by atoms with Crippen LogP contribution in [0.4, 0.5) is 0 Å². The molecule has 0 unspecified atom stereocenters. The predicted molar refractivity (Wildman–Crippen MR) is 35.3 cm³/mol. The maximum Gasteiger partial charge on any atom is 0.139 e. The van der Waals surface area contributed by atoms with Crippen LogP contribution in [0.25, 0.3) is 0 Å². The van der Waals surface area contributed by atoms with Crippen LogP contribution in [0.5, 0.6) is 0 Å². The molecular formula is C2H3N3Na2S. The van der Waals surface area contributed by atoms with Crippen molar-refractivity contribution in [3.63, 3.8) is 0 Å². The van der Waals surface area contributed by atoms with Crippen molar-refractivity contribution in [2.75, 3.05) is 0 Å². The normalized spacial score (nSPS) is 6.50. The van der Waals surface area contributed by atoms with Crippen LogP contribution in [0.15, 0.2) is 6.20 Å². The van der Waals surface area contributed by atoms with Crippen LogP contribution in [0.1, 0.15) is 0 Å². The minimum absolute atomic E-state index is 0. The molecule has 0 aliphatic carbocycles. The smallest absolute Gasteiger partial charge is 0.139 e. The van der Waals surface area contributed by atoms with Gasteiger partial charge in [0.2, 0.25) is 0 Å². The summed E-state index contributed by atoms with van der Waals surface area (Å²) in [5, 5.41) is 8.57. The molecule has 0 atom stereocenters. The Labute approximate surface area is 96.2 Å². The van der Waals surface area contributed by atoms with E-state index in [1.165, 1.54) is 6.20 Å². The van der Waals surface area contributed by atoms with Crippen LogP contribution in [0.2, 0.25) is 0 Å². The molecule has 6 heteroatoms. The maximum absolute atomic E-state index is 4.60. The molecule has 2 N–H and O–H groups in total. The molecule has 1 rings (SSSR count). The van der Waals surface area contributed by atoms with Gasteiger partial charge in [0.1, 0.15) is 4.64 Å². The Balaban J connectivity index is 0. The van der Waals surface area contributed by atoms with E-state index in [1.807, 2.05) is 0 Å². The summed E-state index contributed by atoms with van der Waals surface area (Å²) >= 11 is 4.60. The number of hydrogen-bond acceptors (Lipinski definition) is 2. The molecule has 0 amide bonds. The van der Waals surface area contributed by atoms with E-state index in [-0.39, 0.29) is 59.1 Å². The number of rotatable bonds is 0. The van der Waals surface area contributed by atoms with Gasteiger partial charge in [-0.2, -0.15) is 5.10 Å². The molecule has 0 spiro atoms. The summed E-state index contributed by atoms with van der Waals surface area (Å²) in [4.78, 5) is 0. The minimum Gasteiger partial charge on any atom is -0.273 e. The van der Waals surface area contributed by atoms with Gasteiger partial charge in [0.25, 0.3) is 0 Å². The van der Waals surface area contributed by atoms with Gasteiger partial charge in [-0.25, -0.2) is 5.21 Å². The third-order valence-electron chi connectivity index (χ3n) is 0.425. The van der Waals surface area contributed by atoms with Crippen LogP contribution >= 0.6 is 12.2 Å². The summed E-state index contributed by atoms with van der Waals surface area (Å²) in [5.41, 5.74) is 0. The van der Waals surface area contributed by atoms with Crippen molar-refractivity contribution in [3.05, 3.63) is 10.8 Å². The number of hydrogen-bond donors (Lipinski definition) is 2. The number of aromatic nitrogens is 3. The number of nitrogens with zero attached hydrogens (tertiary/aromatic N) is 1. The van der Waals surface area contributed by atoms with Gasteiger partial charge in [-0.15, -0.1) is 0 Å². The van der Waals surface area contributed by atoms with E-state index in [2.05, 4.69) is 27.6 Å². The molecule has 0 fully saturated rings. The Morgan fingerprint density at radius 1 is 1.50 bits per heavy atom. The Morgan fingerprint density at radius 3 is 2.25 bits per heavy atom. The van der Waals surface area contributed by atoms with Crippen molar-refractivity contribution in [2.24, 2.45) is 0 Å². The van der Waals surface area contributed by atoms with Gasteiger partial charge in [0.05, 0.1) is 6.20 Å². The molecule has 3 nitrogen and oxygen atoms in total. The first kappa shape index (κ1) is 12.1. The zero-order chi connectivity index (χ0) is 4.41. The fourth-order valence-electron chi connectivity index (χ4n) is 0.211. The van der Waals surface area contributed by atoms with Crippen LogP contribution in [-0.4, -0.2) is 74.5 Å². The molecule has 1 aromatic rings. The van der Waals surface area contributed by atoms with Crippen molar-refractivity contribution < 1.29 is 0 Å². The molecule has 8 heavy (non-hydrogen) atoms. The topological polar surface area (TPSA) is 44.5 Å². The Hall–Kier alpha value is 1.36. The fourth-order valence-corrected chi connectivity index (χ4v) is 0.309. The van der Waals surface area contributed by atoms with E-state index in [4.69, 9.17) is 0 Å². The van der Waals surface area contributed by atoms with E-state index >= 15 is 0 Å². The zero-order valence-corrected chi connectivity index (χ0v) is 9.75. The second kappa shape index (κ2) is 6.48. The van der Waals surface area contributed by atoms with E-state index in [1.54, 1.807) is 0 Å². The van der Waals surface area contributed by atoms with E-state index < -0.39 is 0 Å². The Bertz CT molecular complexity index is 153. The molecule has 0 aromatic carbocycles. The van der Waals surface area contributed by atoms with E-state index in [0.29, 0.717) is 4.64 Å². The first-order chi connectivity index (χ1) is 2.89. The van der Waals surface area contributed by atoms with E-state index in [0.717, 1.165) is 0 Å². The Morgan fingerprint density at radius 2 is 2.12 bits per heavy atom. The number of aromatic amines is 2. The van der Waals surface area contributed by atoms with Gasteiger partial charge in [0, 0.05) is 59.1 Å². The summed E-state index contributed by atoms with van der Waals surface area (Å²) in [6.45, 7) is 0. The predicted octanol–water partition coefficient (Wildman–Crippen LogP) is -0.294. The molecule has 1 aromatic heterocycles. The van der Waals surface area contributed by atoms with Gasteiger partial charge >= 0.3 is 0 Å². The van der Waals surface area contributed by atoms with Gasteiger partial charge in [0.15, 0.2) is 0 Å². The summed E-state index contributed by atoms with van der Waals surface area (Å²) < 4.78 is 0.634. The van der Waals surface area contributed by atoms with Crippen molar-refractivity contribution in [3.8, 4) is 0 Å². The van der Waals surface area contributed by atoms with Crippen LogP contribution in [0, 0.1) is 4.64 Å². The van der Waals surface area contributed by atoms with Crippen molar-refractivity contribution in [2.45, 2.75) is 0 Å². The molecule has 0 aliphatic heterocycles. The van der Waals surface area contributed by atoms with Crippen molar-refractivity contribution in [1.82, 2.24) is 15.4 Å². The largest absolute Gasteiger partial charge is 0.273 e. The molecule has 2 radical (unpaired) electrons. The van der Waals surface area contributed by atoms with Crippen LogP contribution in [0.3, 0.4) is 0 Å². The monoisotopic (exact) mass is 147 g/mol. The van der Waals surface area contributed by atoms with Gasteiger partial charge in [-0.3, -0.25) is 5.10 Å². The van der Waals surface area contributed by atoms with Crippen LogP contribution in [-0.2, 0) is 0 Å². The van der Waals surface area contributed by atoms with E-state index in [9.17, 15) is 0 Å². The maximum atomic E-state index is 4.60. The number of H-pyrrole nitrogens is 2. The quantitative estimate of drug-likeness (QED) is 0.391. The molecule has 0 saturated carbocycles. The summed E-state index contributed by atoms with van der Waals surface area (Å²) in [7, 11) is 0. The average molecular weight is 147 g/mol. The Kier molecular flexibility index (Phi) is 9.78. The molecular weight excluding hydrogens is 144 g/mol. The first-order valence-electron chi connectivity index (χ1n) is 1.47. The third-order valence-corrected chi connectivity index (χ3v) is 0.633. The zero-order valence-electron chi connectivity index (χ0n) is 4.93. The molecule has 0 bridgehead atoms. The second-order valence-corrected chi connectivity index (χ2v) is 1.30. The van der Waals surface area contributed by atoms with Crippen molar-refractivity contribution >= 4 is 71.3 Å². The summed E-state index contributed by atoms with van der Waals surface area (Å²) in [5.74, 6) is 0. The average Bonchev–Trinajstić information content (AvgIpc) is 1.86. The fraction of sp³-hybridized carbons (Fsp3) is 0. The molecule has 1 heterocycles. The minimum atomic E-state index is 0. The number of nitrogens with one attached hydrogen (secondary N) is 2. The molecule has 34 valence electrons. The van der Waals surface area contributed by atoms with Crippen LogP contribution < -0.4 is 0 Å². The van der Waals surface area contributed by atoms with Gasteiger partial charge < -0.3 is 0 Å². The first-order valence-corrected chi connectivity index (χ1v) is 1.88. The van der Waals surface area contributed by atoms with Gasteiger partial charge in [-0.1, -0.05) is 12.2 Å². The molecule has 0 saturated heterocycles.